The molecule has 1 aliphatic carbocycles. The maximum Gasteiger partial charge on any atom is 0.339 e. The SMILES string of the molecule is O=C1O[C@]2(CC[C@@H](C(=O)Nc3ccn(-c4ccc(F)cc4)n3)CC2)c2cnccc21. The van der Waals surface area contributed by atoms with Crippen LogP contribution in [-0.4, -0.2) is 26.6 Å². The van der Waals surface area contributed by atoms with E-state index in [9.17, 15) is 14.0 Å². The zero-order chi connectivity index (χ0) is 20.7. The molecule has 3 heterocycles. The number of esters is 1. The van der Waals surface area contributed by atoms with Crippen LogP contribution in [0.15, 0.2) is 55.0 Å². The summed E-state index contributed by atoms with van der Waals surface area (Å²) in [7, 11) is 0. The molecule has 1 aromatic carbocycles. The van der Waals surface area contributed by atoms with Gasteiger partial charge in [-0.05, 0) is 56.0 Å². The minimum absolute atomic E-state index is 0.107. The lowest BCUT2D eigenvalue weighted by molar-refractivity contribution is -0.122. The summed E-state index contributed by atoms with van der Waals surface area (Å²) in [6.07, 6.45) is 7.37. The number of carbonyl (C=O) groups excluding carboxylic acids is 2. The molecule has 0 radical (unpaired) electrons. The first kappa shape index (κ1) is 18.5. The molecule has 2 aromatic heterocycles. The molecule has 1 amide bonds. The quantitative estimate of drug-likeness (QED) is 0.672. The molecule has 0 atom stereocenters. The van der Waals surface area contributed by atoms with Crippen LogP contribution < -0.4 is 5.32 Å². The average Bonchev–Trinajstić information content (AvgIpc) is 3.33. The summed E-state index contributed by atoms with van der Waals surface area (Å²) in [6, 6.07) is 9.33. The monoisotopic (exact) mass is 406 g/mol. The van der Waals surface area contributed by atoms with Crippen LogP contribution in [-0.2, 0) is 15.1 Å². The molecule has 0 bridgehead atoms. The van der Waals surface area contributed by atoms with E-state index < -0.39 is 5.60 Å². The van der Waals surface area contributed by atoms with Gasteiger partial charge in [-0.25, -0.2) is 13.9 Å². The van der Waals surface area contributed by atoms with Gasteiger partial charge in [0.05, 0.1) is 11.3 Å². The third-order valence-electron chi connectivity index (χ3n) is 5.92. The van der Waals surface area contributed by atoms with E-state index in [1.165, 1.54) is 12.1 Å². The Balaban J connectivity index is 1.24. The molecule has 1 saturated carbocycles. The molecule has 0 saturated heterocycles. The van der Waals surface area contributed by atoms with Crippen LogP contribution in [0, 0.1) is 11.7 Å². The van der Waals surface area contributed by atoms with Crippen molar-refractivity contribution in [2.45, 2.75) is 31.3 Å². The third-order valence-corrected chi connectivity index (χ3v) is 5.92. The first-order chi connectivity index (χ1) is 14.5. The van der Waals surface area contributed by atoms with Crippen molar-refractivity contribution in [3.05, 3.63) is 71.9 Å². The van der Waals surface area contributed by atoms with Gasteiger partial charge in [0, 0.05) is 36.1 Å². The number of hydrogen-bond acceptors (Lipinski definition) is 5. The van der Waals surface area contributed by atoms with Gasteiger partial charge in [-0.2, -0.15) is 5.10 Å². The molecule has 1 aliphatic heterocycles. The van der Waals surface area contributed by atoms with E-state index in [-0.39, 0.29) is 23.6 Å². The van der Waals surface area contributed by atoms with Gasteiger partial charge in [-0.3, -0.25) is 9.78 Å². The molecular weight excluding hydrogens is 387 g/mol. The Morgan fingerprint density at radius 1 is 1.17 bits per heavy atom. The normalized spacial score (nSPS) is 22.6. The number of ether oxygens (including phenoxy) is 1. The van der Waals surface area contributed by atoms with E-state index in [1.807, 2.05) is 0 Å². The van der Waals surface area contributed by atoms with E-state index in [0.29, 0.717) is 42.8 Å². The molecule has 5 rings (SSSR count). The Morgan fingerprint density at radius 2 is 1.93 bits per heavy atom. The van der Waals surface area contributed by atoms with Crippen LogP contribution in [0.25, 0.3) is 5.69 Å². The molecule has 1 fully saturated rings. The summed E-state index contributed by atoms with van der Waals surface area (Å²) in [4.78, 5) is 29.1. The Hall–Kier alpha value is -3.55. The topological polar surface area (TPSA) is 86.1 Å². The van der Waals surface area contributed by atoms with Crippen molar-refractivity contribution in [2.24, 2.45) is 5.92 Å². The smallest absolute Gasteiger partial charge is 0.339 e. The molecule has 152 valence electrons. The van der Waals surface area contributed by atoms with Gasteiger partial charge in [0.2, 0.25) is 5.91 Å². The molecule has 2 aliphatic rings. The Bertz CT molecular complexity index is 1120. The zero-order valence-corrected chi connectivity index (χ0v) is 16.0. The van der Waals surface area contributed by atoms with Crippen molar-refractivity contribution in [3.63, 3.8) is 0 Å². The number of nitrogens with one attached hydrogen (secondary N) is 1. The number of carbonyl (C=O) groups is 2. The number of benzene rings is 1. The largest absolute Gasteiger partial charge is 0.450 e. The van der Waals surface area contributed by atoms with Crippen molar-refractivity contribution in [1.29, 1.82) is 0 Å². The van der Waals surface area contributed by atoms with E-state index in [0.717, 1.165) is 5.56 Å². The van der Waals surface area contributed by atoms with Gasteiger partial charge >= 0.3 is 5.97 Å². The summed E-state index contributed by atoms with van der Waals surface area (Å²) >= 11 is 0. The van der Waals surface area contributed by atoms with Crippen molar-refractivity contribution in [2.75, 3.05) is 5.32 Å². The Morgan fingerprint density at radius 3 is 2.70 bits per heavy atom. The maximum atomic E-state index is 13.1. The molecule has 30 heavy (non-hydrogen) atoms. The standard InChI is InChI=1S/C22H19FN4O3/c23-15-1-3-16(4-2-15)27-12-8-19(26-27)25-20(28)14-5-9-22(10-6-14)18-13-24-11-7-17(18)21(29)30-22/h1-4,7-8,11-14H,5-6,9-10H2,(H,25,26,28)/t14-,22+. The molecular formula is C22H19FN4O3. The predicted molar refractivity (Wildman–Crippen MR) is 105 cm³/mol. The van der Waals surface area contributed by atoms with Crippen molar-refractivity contribution >= 4 is 17.7 Å². The lowest BCUT2D eigenvalue weighted by Crippen LogP contribution is -2.36. The third kappa shape index (κ3) is 3.14. The van der Waals surface area contributed by atoms with Gasteiger partial charge in [0.1, 0.15) is 11.4 Å². The summed E-state index contributed by atoms with van der Waals surface area (Å²) in [5, 5.41) is 7.20. The van der Waals surface area contributed by atoms with Gasteiger partial charge < -0.3 is 10.1 Å². The van der Waals surface area contributed by atoms with Crippen molar-refractivity contribution < 1.29 is 18.7 Å². The fraction of sp³-hybridized carbons (Fsp3) is 0.273. The fourth-order valence-electron chi connectivity index (χ4n) is 4.30. The Kier molecular flexibility index (Phi) is 4.34. The molecule has 7 nitrogen and oxygen atoms in total. The second-order valence-corrected chi connectivity index (χ2v) is 7.69. The zero-order valence-electron chi connectivity index (χ0n) is 16.0. The van der Waals surface area contributed by atoms with Gasteiger partial charge in [0.25, 0.3) is 0 Å². The van der Waals surface area contributed by atoms with E-state index in [2.05, 4.69) is 15.4 Å². The second-order valence-electron chi connectivity index (χ2n) is 7.69. The lowest BCUT2D eigenvalue weighted by Gasteiger charge is -2.35. The number of amides is 1. The first-order valence-corrected chi connectivity index (χ1v) is 9.84. The predicted octanol–water partition coefficient (Wildman–Crippen LogP) is 3.60. The van der Waals surface area contributed by atoms with Crippen LogP contribution in [0.1, 0.15) is 41.6 Å². The summed E-state index contributed by atoms with van der Waals surface area (Å²) in [5.41, 5.74) is 1.43. The minimum atomic E-state index is -0.665. The first-order valence-electron chi connectivity index (χ1n) is 9.84. The number of nitrogens with zero attached hydrogens (tertiary/aromatic N) is 3. The minimum Gasteiger partial charge on any atom is -0.450 e. The highest BCUT2D eigenvalue weighted by Gasteiger charge is 2.48. The van der Waals surface area contributed by atoms with Crippen LogP contribution in [0.3, 0.4) is 0 Å². The lowest BCUT2D eigenvalue weighted by atomic mass is 9.75. The maximum absolute atomic E-state index is 13.1. The van der Waals surface area contributed by atoms with Crippen molar-refractivity contribution in [3.8, 4) is 5.69 Å². The fourth-order valence-corrected chi connectivity index (χ4v) is 4.30. The highest BCUT2D eigenvalue weighted by atomic mass is 19.1. The van der Waals surface area contributed by atoms with Crippen LogP contribution >= 0.6 is 0 Å². The number of aromatic nitrogens is 3. The summed E-state index contributed by atoms with van der Waals surface area (Å²) < 4.78 is 20.4. The number of hydrogen-bond donors (Lipinski definition) is 1. The highest BCUT2D eigenvalue weighted by Crippen LogP contribution is 2.47. The van der Waals surface area contributed by atoms with Gasteiger partial charge in [-0.1, -0.05) is 0 Å². The van der Waals surface area contributed by atoms with E-state index in [4.69, 9.17) is 4.74 Å². The highest BCUT2D eigenvalue weighted by molar-refractivity contribution is 5.95. The van der Waals surface area contributed by atoms with Crippen molar-refractivity contribution in [1.82, 2.24) is 14.8 Å². The van der Waals surface area contributed by atoms with Crippen LogP contribution in [0.2, 0.25) is 0 Å². The summed E-state index contributed by atoms with van der Waals surface area (Å²) in [5.74, 6) is -0.495. The molecule has 3 aromatic rings. The Labute approximate surface area is 171 Å². The number of pyridine rings is 1. The number of halogens is 1. The molecule has 1 spiro atoms. The van der Waals surface area contributed by atoms with Gasteiger partial charge in [-0.15, -0.1) is 0 Å². The summed E-state index contributed by atoms with van der Waals surface area (Å²) in [6.45, 7) is 0. The van der Waals surface area contributed by atoms with Crippen LogP contribution in [0.4, 0.5) is 10.2 Å². The number of fused-ring (bicyclic) bond motifs is 2. The number of rotatable bonds is 3. The number of anilines is 1. The van der Waals surface area contributed by atoms with E-state index in [1.54, 1.807) is 47.5 Å². The van der Waals surface area contributed by atoms with Crippen LogP contribution in [0.5, 0.6) is 0 Å². The molecule has 8 heteroatoms. The average molecular weight is 406 g/mol. The second kappa shape index (κ2) is 7.05. The van der Waals surface area contributed by atoms with Gasteiger partial charge in [0.15, 0.2) is 5.82 Å². The molecule has 1 N–H and O–H groups in total. The van der Waals surface area contributed by atoms with E-state index >= 15 is 0 Å². The molecule has 0 unspecified atom stereocenters.